The highest BCUT2D eigenvalue weighted by molar-refractivity contribution is 6.30. The highest BCUT2D eigenvalue weighted by Gasteiger charge is 2.19. The SMILES string of the molecule is CN(CC1CCCC1)c1ncc(Cl)cc1F. The van der Waals surface area contributed by atoms with Gasteiger partial charge < -0.3 is 4.90 Å². The number of nitrogens with zero attached hydrogens (tertiary/aromatic N) is 2. The monoisotopic (exact) mass is 242 g/mol. The van der Waals surface area contributed by atoms with Crippen molar-refractivity contribution < 1.29 is 4.39 Å². The number of pyridine rings is 1. The van der Waals surface area contributed by atoms with Crippen LogP contribution in [0.5, 0.6) is 0 Å². The van der Waals surface area contributed by atoms with Crippen LogP contribution < -0.4 is 4.90 Å². The van der Waals surface area contributed by atoms with E-state index in [2.05, 4.69) is 4.98 Å². The Labute approximate surface area is 100 Å². The van der Waals surface area contributed by atoms with E-state index in [1.54, 1.807) is 0 Å². The van der Waals surface area contributed by atoms with Gasteiger partial charge in [0, 0.05) is 19.8 Å². The molecule has 0 aromatic carbocycles. The summed E-state index contributed by atoms with van der Waals surface area (Å²) in [6, 6.07) is 1.31. The van der Waals surface area contributed by atoms with E-state index in [0.717, 1.165) is 6.54 Å². The molecule has 1 aliphatic carbocycles. The molecule has 2 nitrogen and oxygen atoms in total. The van der Waals surface area contributed by atoms with Gasteiger partial charge in [0.05, 0.1) is 5.02 Å². The molecule has 0 aliphatic heterocycles. The van der Waals surface area contributed by atoms with Crippen LogP contribution in [0.25, 0.3) is 0 Å². The van der Waals surface area contributed by atoms with Gasteiger partial charge in [0.2, 0.25) is 0 Å². The Morgan fingerprint density at radius 1 is 1.50 bits per heavy atom. The molecule has 1 aromatic heterocycles. The summed E-state index contributed by atoms with van der Waals surface area (Å²) in [5.74, 6) is 0.742. The van der Waals surface area contributed by atoms with Crippen LogP contribution in [0.1, 0.15) is 25.7 Å². The fourth-order valence-corrected chi connectivity index (χ4v) is 2.50. The quantitative estimate of drug-likeness (QED) is 0.807. The maximum atomic E-state index is 13.6. The molecular formula is C12H16ClFN2. The Bertz CT molecular complexity index is 364. The van der Waals surface area contributed by atoms with E-state index < -0.39 is 0 Å². The molecule has 88 valence electrons. The zero-order valence-corrected chi connectivity index (χ0v) is 10.2. The van der Waals surface area contributed by atoms with Gasteiger partial charge in [0.25, 0.3) is 0 Å². The lowest BCUT2D eigenvalue weighted by Gasteiger charge is -2.22. The first-order valence-corrected chi connectivity index (χ1v) is 6.07. The van der Waals surface area contributed by atoms with Gasteiger partial charge in [0.15, 0.2) is 11.6 Å². The van der Waals surface area contributed by atoms with Gasteiger partial charge in [-0.1, -0.05) is 24.4 Å². The highest BCUT2D eigenvalue weighted by Crippen LogP contribution is 2.27. The molecule has 0 radical (unpaired) electrons. The third kappa shape index (κ3) is 2.64. The molecule has 1 aromatic rings. The maximum absolute atomic E-state index is 13.6. The number of halogens is 2. The first kappa shape index (κ1) is 11.6. The molecule has 0 N–H and O–H groups in total. The van der Waals surface area contributed by atoms with E-state index >= 15 is 0 Å². The van der Waals surface area contributed by atoms with E-state index in [0.29, 0.717) is 16.8 Å². The van der Waals surface area contributed by atoms with Crippen LogP contribution >= 0.6 is 11.6 Å². The molecule has 0 amide bonds. The molecule has 4 heteroatoms. The summed E-state index contributed by atoms with van der Waals surface area (Å²) >= 11 is 5.67. The van der Waals surface area contributed by atoms with Crippen molar-refractivity contribution in [1.29, 1.82) is 0 Å². The van der Waals surface area contributed by atoms with E-state index in [4.69, 9.17) is 11.6 Å². The number of hydrogen-bond acceptors (Lipinski definition) is 2. The Morgan fingerprint density at radius 2 is 2.19 bits per heavy atom. The fourth-order valence-electron chi connectivity index (χ4n) is 2.35. The molecule has 0 saturated heterocycles. The number of rotatable bonds is 3. The van der Waals surface area contributed by atoms with Crippen LogP contribution in [-0.2, 0) is 0 Å². The van der Waals surface area contributed by atoms with Crippen LogP contribution in [0.3, 0.4) is 0 Å². The predicted octanol–water partition coefficient (Wildman–Crippen LogP) is 3.50. The first-order valence-electron chi connectivity index (χ1n) is 5.69. The summed E-state index contributed by atoms with van der Waals surface area (Å²) in [4.78, 5) is 5.93. The Hall–Kier alpha value is -0.830. The summed E-state index contributed by atoms with van der Waals surface area (Å²) in [5, 5.41) is 0.343. The summed E-state index contributed by atoms with van der Waals surface area (Å²) in [6.07, 6.45) is 6.59. The largest absolute Gasteiger partial charge is 0.357 e. The summed E-state index contributed by atoms with van der Waals surface area (Å²) in [7, 11) is 1.89. The smallest absolute Gasteiger partial charge is 0.167 e. The predicted molar refractivity (Wildman–Crippen MR) is 64.4 cm³/mol. The van der Waals surface area contributed by atoms with Crippen molar-refractivity contribution in [1.82, 2.24) is 4.98 Å². The number of hydrogen-bond donors (Lipinski definition) is 0. The third-order valence-electron chi connectivity index (χ3n) is 3.16. The normalized spacial score (nSPS) is 16.7. The third-order valence-corrected chi connectivity index (χ3v) is 3.36. The van der Waals surface area contributed by atoms with Crippen molar-refractivity contribution in [2.24, 2.45) is 5.92 Å². The van der Waals surface area contributed by atoms with Crippen LogP contribution in [0.4, 0.5) is 10.2 Å². The molecule has 0 unspecified atom stereocenters. The van der Waals surface area contributed by atoms with Crippen molar-refractivity contribution >= 4 is 17.4 Å². The van der Waals surface area contributed by atoms with Crippen molar-refractivity contribution in [3.63, 3.8) is 0 Å². The van der Waals surface area contributed by atoms with Gasteiger partial charge in [-0.05, 0) is 24.8 Å². The molecule has 16 heavy (non-hydrogen) atoms. The van der Waals surface area contributed by atoms with Gasteiger partial charge in [-0.3, -0.25) is 0 Å². The zero-order valence-electron chi connectivity index (χ0n) is 9.42. The number of anilines is 1. The van der Waals surface area contributed by atoms with Crippen LogP contribution in [0.2, 0.25) is 5.02 Å². The summed E-state index contributed by atoms with van der Waals surface area (Å²) < 4.78 is 13.6. The first-order chi connectivity index (χ1) is 7.66. The van der Waals surface area contributed by atoms with Gasteiger partial charge in [-0.15, -0.1) is 0 Å². The number of aromatic nitrogens is 1. The minimum atomic E-state index is -0.340. The van der Waals surface area contributed by atoms with Crippen molar-refractivity contribution in [2.75, 3.05) is 18.5 Å². The van der Waals surface area contributed by atoms with E-state index in [-0.39, 0.29) is 5.82 Å². The molecule has 1 heterocycles. The van der Waals surface area contributed by atoms with Crippen molar-refractivity contribution in [3.05, 3.63) is 23.1 Å². The standard InChI is InChI=1S/C12H16ClFN2/c1-16(8-9-4-2-3-5-9)12-11(14)6-10(13)7-15-12/h6-7,9H,2-5,8H2,1H3. The topological polar surface area (TPSA) is 16.1 Å². The second kappa shape index (κ2) is 5.00. The Balaban J connectivity index is 2.04. The van der Waals surface area contributed by atoms with Gasteiger partial charge in [-0.2, -0.15) is 0 Å². The van der Waals surface area contributed by atoms with E-state index in [9.17, 15) is 4.39 Å². The summed E-state index contributed by atoms with van der Waals surface area (Å²) in [6.45, 7) is 0.881. The fraction of sp³-hybridized carbons (Fsp3) is 0.583. The molecule has 1 aliphatic rings. The van der Waals surface area contributed by atoms with E-state index in [1.165, 1.54) is 37.9 Å². The molecule has 2 rings (SSSR count). The zero-order chi connectivity index (χ0) is 11.5. The molecule has 0 spiro atoms. The molecule has 0 bridgehead atoms. The lowest BCUT2D eigenvalue weighted by molar-refractivity contribution is 0.535. The highest BCUT2D eigenvalue weighted by atomic mass is 35.5. The van der Waals surface area contributed by atoms with Crippen molar-refractivity contribution in [2.45, 2.75) is 25.7 Å². The second-order valence-corrected chi connectivity index (χ2v) is 4.93. The van der Waals surface area contributed by atoms with Gasteiger partial charge in [0.1, 0.15) is 0 Å². The maximum Gasteiger partial charge on any atom is 0.167 e. The lowest BCUT2D eigenvalue weighted by atomic mass is 10.1. The van der Waals surface area contributed by atoms with Crippen LogP contribution in [-0.4, -0.2) is 18.6 Å². The Morgan fingerprint density at radius 3 is 2.81 bits per heavy atom. The van der Waals surface area contributed by atoms with Crippen LogP contribution in [0.15, 0.2) is 12.3 Å². The van der Waals surface area contributed by atoms with Gasteiger partial charge in [-0.25, -0.2) is 9.37 Å². The second-order valence-electron chi connectivity index (χ2n) is 4.49. The average molecular weight is 243 g/mol. The molecular weight excluding hydrogens is 227 g/mol. The van der Waals surface area contributed by atoms with E-state index in [1.807, 2.05) is 11.9 Å². The van der Waals surface area contributed by atoms with Crippen LogP contribution in [0, 0.1) is 11.7 Å². The molecule has 0 atom stereocenters. The lowest BCUT2D eigenvalue weighted by Crippen LogP contribution is -2.25. The minimum absolute atomic E-state index is 0.340. The minimum Gasteiger partial charge on any atom is -0.357 e. The Kier molecular flexibility index (Phi) is 3.64. The molecule has 1 saturated carbocycles. The van der Waals surface area contributed by atoms with Crippen molar-refractivity contribution in [3.8, 4) is 0 Å². The summed E-state index contributed by atoms with van der Waals surface area (Å²) in [5.41, 5.74) is 0. The average Bonchev–Trinajstić information content (AvgIpc) is 2.70. The van der Waals surface area contributed by atoms with Gasteiger partial charge >= 0.3 is 0 Å². The molecule has 1 fully saturated rings.